The smallest absolute Gasteiger partial charge is 0.119 e. The first-order valence-electron chi connectivity index (χ1n) is 7.49. The maximum Gasteiger partial charge on any atom is 0.119 e. The molecule has 0 bridgehead atoms. The highest BCUT2D eigenvalue weighted by Gasteiger charge is 1.97. The minimum Gasteiger partial charge on any atom is -0.493 e. The van der Waals surface area contributed by atoms with Gasteiger partial charge in [0.25, 0.3) is 0 Å². The van der Waals surface area contributed by atoms with Gasteiger partial charge < -0.3 is 10.1 Å². The summed E-state index contributed by atoms with van der Waals surface area (Å²) in [6, 6.07) is 18.8. The van der Waals surface area contributed by atoms with E-state index in [1.54, 1.807) is 0 Å². The third kappa shape index (κ3) is 6.23. The molecule has 112 valence electrons. The van der Waals surface area contributed by atoms with Gasteiger partial charge in [0.1, 0.15) is 5.75 Å². The second-order valence-electron chi connectivity index (χ2n) is 4.83. The van der Waals surface area contributed by atoms with Gasteiger partial charge in [0.15, 0.2) is 0 Å². The zero-order valence-electron chi connectivity index (χ0n) is 12.5. The first kappa shape index (κ1) is 15.9. The molecular formula is C18H23NOS. The zero-order chi connectivity index (χ0) is 14.8. The molecule has 2 nitrogen and oxygen atoms in total. The molecule has 0 saturated heterocycles. The standard InChI is InChI=1S/C18H23NOS/c1-2-12-19-15-16-8-10-17(11-9-16)20-13-14-21-18-6-4-3-5-7-18/h3-11,19H,2,12-15H2,1H3. The van der Waals surface area contributed by atoms with Crippen LogP contribution in [-0.4, -0.2) is 18.9 Å². The van der Waals surface area contributed by atoms with Crippen LogP contribution in [0.25, 0.3) is 0 Å². The van der Waals surface area contributed by atoms with Crippen molar-refractivity contribution in [2.45, 2.75) is 24.8 Å². The molecule has 1 N–H and O–H groups in total. The lowest BCUT2D eigenvalue weighted by atomic mass is 10.2. The van der Waals surface area contributed by atoms with Gasteiger partial charge >= 0.3 is 0 Å². The molecule has 3 heteroatoms. The Morgan fingerprint density at radius 1 is 1.00 bits per heavy atom. The molecule has 0 aliphatic heterocycles. The molecule has 0 radical (unpaired) electrons. The van der Waals surface area contributed by atoms with E-state index in [1.165, 1.54) is 16.9 Å². The van der Waals surface area contributed by atoms with Crippen molar-refractivity contribution >= 4 is 11.8 Å². The molecule has 0 aromatic heterocycles. The van der Waals surface area contributed by atoms with Gasteiger partial charge in [-0.2, -0.15) is 0 Å². The number of hydrogen-bond donors (Lipinski definition) is 1. The fraction of sp³-hybridized carbons (Fsp3) is 0.333. The summed E-state index contributed by atoms with van der Waals surface area (Å²) < 4.78 is 5.77. The highest BCUT2D eigenvalue weighted by Crippen LogP contribution is 2.17. The van der Waals surface area contributed by atoms with Crippen molar-refractivity contribution in [2.24, 2.45) is 0 Å². The molecule has 0 atom stereocenters. The van der Waals surface area contributed by atoms with E-state index in [-0.39, 0.29) is 0 Å². The molecule has 0 aliphatic carbocycles. The summed E-state index contributed by atoms with van der Waals surface area (Å²) in [5.41, 5.74) is 1.30. The van der Waals surface area contributed by atoms with Gasteiger partial charge in [0.05, 0.1) is 6.61 Å². The van der Waals surface area contributed by atoms with E-state index >= 15 is 0 Å². The van der Waals surface area contributed by atoms with Gasteiger partial charge in [-0.3, -0.25) is 0 Å². The SMILES string of the molecule is CCCNCc1ccc(OCCSc2ccccc2)cc1. The fourth-order valence-electron chi connectivity index (χ4n) is 1.95. The molecule has 2 rings (SSSR count). The van der Waals surface area contributed by atoms with E-state index in [0.717, 1.165) is 31.2 Å². The third-order valence-electron chi connectivity index (χ3n) is 3.04. The molecule has 2 aromatic carbocycles. The number of rotatable bonds is 9. The topological polar surface area (TPSA) is 21.3 Å². The van der Waals surface area contributed by atoms with Crippen LogP contribution in [0.3, 0.4) is 0 Å². The van der Waals surface area contributed by atoms with Crippen LogP contribution >= 0.6 is 11.8 Å². The largest absolute Gasteiger partial charge is 0.493 e. The summed E-state index contributed by atoms with van der Waals surface area (Å²) in [4.78, 5) is 1.29. The Bertz CT molecular complexity index is 498. The Kier molecular flexibility index (Phi) is 7.19. The first-order chi connectivity index (χ1) is 10.4. The van der Waals surface area contributed by atoms with Crippen LogP contribution in [-0.2, 0) is 6.54 Å². The van der Waals surface area contributed by atoms with Crippen LogP contribution in [0.1, 0.15) is 18.9 Å². The van der Waals surface area contributed by atoms with Gasteiger partial charge in [0.2, 0.25) is 0 Å². The number of nitrogens with one attached hydrogen (secondary N) is 1. The molecule has 21 heavy (non-hydrogen) atoms. The van der Waals surface area contributed by atoms with Gasteiger partial charge in [0, 0.05) is 17.2 Å². The molecule has 0 aliphatic rings. The Morgan fingerprint density at radius 3 is 2.48 bits per heavy atom. The summed E-state index contributed by atoms with van der Waals surface area (Å²) >= 11 is 1.82. The van der Waals surface area contributed by atoms with Crippen LogP contribution in [0.5, 0.6) is 5.75 Å². The number of hydrogen-bond acceptors (Lipinski definition) is 3. The average Bonchev–Trinajstić information content (AvgIpc) is 2.54. The van der Waals surface area contributed by atoms with Crippen molar-refractivity contribution in [2.75, 3.05) is 18.9 Å². The predicted octanol–water partition coefficient (Wildman–Crippen LogP) is 4.36. The number of benzene rings is 2. The maximum atomic E-state index is 5.77. The fourth-order valence-corrected chi connectivity index (χ4v) is 2.70. The summed E-state index contributed by atoms with van der Waals surface area (Å²) in [7, 11) is 0. The van der Waals surface area contributed by atoms with Gasteiger partial charge in [-0.15, -0.1) is 11.8 Å². The van der Waals surface area contributed by atoms with Crippen LogP contribution < -0.4 is 10.1 Å². The second-order valence-corrected chi connectivity index (χ2v) is 6.00. The second kappa shape index (κ2) is 9.48. The van der Waals surface area contributed by atoms with E-state index in [2.05, 4.69) is 60.8 Å². The average molecular weight is 301 g/mol. The Morgan fingerprint density at radius 2 is 1.76 bits per heavy atom. The molecule has 2 aromatic rings. The van der Waals surface area contributed by atoms with Gasteiger partial charge in [-0.1, -0.05) is 37.3 Å². The first-order valence-corrected chi connectivity index (χ1v) is 8.47. The van der Waals surface area contributed by atoms with Gasteiger partial charge in [-0.05, 0) is 42.8 Å². The highest BCUT2D eigenvalue weighted by molar-refractivity contribution is 7.99. The highest BCUT2D eigenvalue weighted by atomic mass is 32.2. The minimum absolute atomic E-state index is 0.729. The molecule has 0 saturated carbocycles. The monoisotopic (exact) mass is 301 g/mol. The number of thioether (sulfide) groups is 1. The van der Waals surface area contributed by atoms with E-state index in [4.69, 9.17) is 4.74 Å². The van der Waals surface area contributed by atoms with Crippen LogP contribution in [0, 0.1) is 0 Å². The lowest BCUT2D eigenvalue weighted by molar-refractivity contribution is 0.344. The maximum absolute atomic E-state index is 5.77. The predicted molar refractivity (Wildman–Crippen MR) is 91.1 cm³/mol. The Labute approximate surface area is 131 Å². The zero-order valence-corrected chi connectivity index (χ0v) is 13.4. The lowest BCUT2D eigenvalue weighted by Crippen LogP contribution is -2.13. The molecule has 0 unspecified atom stereocenters. The van der Waals surface area contributed by atoms with E-state index in [0.29, 0.717) is 0 Å². The van der Waals surface area contributed by atoms with Crippen molar-refractivity contribution in [3.05, 3.63) is 60.2 Å². The molecule has 0 heterocycles. The number of ether oxygens (including phenoxy) is 1. The third-order valence-corrected chi connectivity index (χ3v) is 4.02. The van der Waals surface area contributed by atoms with Crippen molar-refractivity contribution in [1.82, 2.24) is 5.32 Å². The van der Waals surface area contributed by atoms with E-state index < -0.39 is 0 Å². The molecule has 0 spiro atoms. The minimum atomic E-state index is 0.729. The normalized spacial score (nSPS) is 10.5. The summed E-state index contributed by atoms with van der Waals surface area (Å²) in [5.74, 6) is 1.91. The summed E-state index contributed by atoms with van der Waals surface area (Å²) in [6.45, 7) is 4.90. The summed E-state index contributed by atoms with van der Waals surface area (Å²) in [6.07, 6.45) is 1.17. The molecule has 0 amide bonds. The van der Waals surface area contributed by atoms with Gasteiger partial charge in [-0.25, -0.2) is 0 Å². The van der Waals surface area contributed by atoms with Crippen LogP contribution in [0.2, 0.25) is 0 Å². The Hall–Kier alpha value is -1.45. The van der Waals surface area contributed by atoms with E-state index in [1.807, 2.05) is 17.8 Å². The van der Waals surface area contributed by atoms with Crippen molar-refractivity contribution in [3.8, 4) is 5.75 Å². The Balaban J connectivity index is 1.66. The van der Waals surface area contributed by atoms with Crippen molar-refractivity contribution in [1.29, 1.82) is 0 Å². The molecule has 0 fully saturated rings. The lowest BCUT2D eigenvalue weighted by Gasteiger charge is -2.08. The van der Waals surface area contributed by atoms with Crippen molar-refractivity contribution in [3.63, 3.8) is 0 Å². The van der Waals surface area contributed by atoms with Crippen LogP contribution in [0.4, 0.5) is 0 Å². The quantitative estimate of drug-likeness (QED) is 0.549. The molecular weight excluding hydrogens is 278 g/mol. The van der Waals surface area contributed by atoms with E-state index in [9.17, 15) is 0 Å². The van der Waals surface area contributed by atoms with Crippen molar-refractivity contribution < 1.29 is 4.74 Å². The summed E-state index contributed by atoms with van der Waals surface area (Å²) in [5, 5.41) is 3.40. The van der Waals surface area contributed by atoms with Crippen LogP contribution in [0.15, 0.2) is 59.5 Å².